The second-order valence-corrected chi connectivity index (χ2v) is 8.58. The Labute approximate surface area is 179 Å². The summed E-state index contributed by atoms with van der Waals surface area (Å²) in [6.45, 7) is 4.89. The first kappa shape index (κ1) is 21.8. The second-order valence-electron chi connectivity index (χ2n) is 7.77. The van der Waals surface area contributed by atoms with Gasteiger partial charge >= 0.3 is 0 Å². The minimum atomic E-state index is -0.606. The fourth-order valence-corrected chi connectivity index (χ4v) is 4.66. The van der Waals surface area contributed by atoms with Crippen molar-refractivity contribution in [3.8, 4) is 0 Å². The van der Waals surface area contributed by atoms with Gasteiger partial charge in [0, 0.05) is 48.7 Å². The summed E-state index contributed by atoms with van der Waals surface area (Å²) >= 11 is 12.5. The lowest BCUT2D eigenvalue weighted by Crippen LogP contribution is -2.59. The molecule has 8 heteroatoms. The number of carbonyl (C=O) groups is 1. The van der Waals surface area contributed by atoms with Crippen molar-refractivity contribution in [1.29, 1.82) is 0 Å². The maximum absolute atomic E-state index is 14.6. The molecule has 29 heavy (non-hydrogen) atoms. The molecule has 0 atom stereocenters. The largest absolute Gasteiger partial charge is 0.483 e. The summed E-state index contributed by atoms with van der Waals surface area (Å²) in [6, 6.07) is 10.9. The standard InChI is InChI=1S/C20H21Cl2FN2O.CH2O2/c1-20(26)11-24(12-20)8-13-5-6-18(17(23)7-13)25-9-14(10-25)19-15(21)3-2-4-16(19)22;2-1-3/h2-7,14,26H,8-12H2,1H3;1H,(H,2,3). The molecule has 2 N–H and O–H groups in total. The third-order valence-electron chi connectivity index (χ3n) is 5.18. The Morgan fingerprint density at radius 2 is 1.79 bits per heavy atom. The highest BCUT2D eigenvalue weighted by atomic mass is 35.5. The molecule has 2 saturated heterocycles. The van der Waals surface area contributed by atoms with Gasteiger partial charge in [0.05, 0.1) is 11.3 Å². The molecule has 2 aromatic rings. The van der Waals surface area contributed by atoms with Crippen LogP contribution in [0.5, 0.6) is 0 Å². The molecule has 5 nitrogen and oxygen atoms in total. The summed E-state index contributed by atoms with van der Waals surface area (Å²) in [5.41, 5.74) is 1.89. The molecule has 4 rings (SSSR count). The molecule has 0 bridgehead atoms. The highest BCUT2D eigenvalue weighted by molar-refractivity contribution is 6.36. The third-order valence-corrected chi connectivity index (χ3v) is 5.84. The van der Waals surface area contributed by atoms with Gasteiger partial charge in [-0.3, -0.25) is 9.69 Å². The Morgan fingerprint density at radius 1 is 1.21 bits per heavy atom. The number of halogens is 3. The smallest absolute Gasteiger partial charge is 0.290 e. The van der Waals surface area contributed by atoms with E-state index in [0.29, 0.717) is 48.5 Å². The van der Waals surface area contributed by atoms with Crippen molar-refractivity contribution in [2.24, 2.45) is 0 Å². The Hall–Kier alpha value is -1.86. The lowest BCUT2D eigenvalue weighted by atomic mass is 9.90. The van der Waals surface area contributed by atoms with Crippen LogP contribution < -0.4 is 4.90 Å². The van der Waals surface area contributed by atoms with Gasteiger partial charge in [0.2, 0.25) is 0 Å². The van der Waals surface area contributed by atoms with Gasteiger partial charge in [0.25, 0.3) is 6.47 Å². The van der Waals surface area contributed by atoms with Crippen molar-refractivity contribution >= 4 is 35.4 Å². The minimum Gasteiger partial charge on any atom is -0.483 e. The summed E-state index contributed by atoms with van der Waals surface area (Å²) < 4.78 is 14.6. The van der Waals surface area contributed by atoms with Crippen molar-refractivity contribution in [3.05, 3.63) is 63.4 Å². The average molecular weight is 441 g/mol. The van der Waals surface area contributed by atoms with E-state index in [1.54, 1.807) is 6.07 Å². The van der Waals surface area contributed by atoms with Gasteiger partial charge in [-0.15, -0.1) is 0 Å². The lowest BCUT2D eigenvalue weighted by molar-refractivity contribution is -0.122. The van der Waals surface area contributed by atoms with Gasteiger partial charge in [-0.2, -0.15) is 0 Å². The normalized spacial score (nSPS) is 18.3. The molecular weight excluding hydrogens is 418 g/mol. The summed E-state index contributed by atoms with van der Waals surface area (Å²) in [4.78, 5) is 12.5. The fourth-order valence-electron chi connectivity index (χ4n) is 3.95. The van der Waals surface area contributed by atoms with E-state index in [-0.39, 0.29) is 18.2 Å². The molecule has 0 saturated carbocycles. The Morgan fingerprint density at radius 3 is 2.31 bits per heavy atom. The van der Waals surface area contributed by atoms with Gasteiger partial charge in [-0.1, -0.05) is 35.3 Å². The van der Waals surface area contributed by atoms with Crippen LogP contribution in [0.2, 0.25) is 10.0 Å². The number of likely N-dealkylation sites (tertiary alicyclic amines) is 1. The van der Waals surface area contributed by atoms with Crippen LogP contribution in [0, 0.1) is 5.82 Å². The number of anilines is 1. The maximum atomic E-state index is 14.6. The van der Waals surface area contributed by atoms with Crippen molar-refractivity contribution in [1.82, 2.24) is 4.90 Å². The summed E-state index contributed by atoms with van der Waals surface area (Å²) in [6.07, 6.45) is 0. The van der Waals surface area contributed by atoms with Crippen molar-refractivity contribution in [2.45, 2.75) is 25.0 Å². The van der Waals surface area contributed by atoms with Gasteiger partial charge in [-0.25, -0.2) is 4.39 Å². The molecule has 2 fully saturated rings. The van der Waals surface area contributed by atoms with E-state index < -0.39 is 5.60 Å². The zero-order valence-electron chi connectivity index (χ0n) is 16.0. The topological polar surface area (TPSA) is 64.0 Å². The first-order chi connectivity index (χ1) is 13.7. The van der Waals surface area contributed by atoms with Crippen LogP contribution in [0.15, 0.2) is 36.4 Å². The average Bonchev–Trinajstić information content (AvgIpc) is 2.57. The number of hydrogen-bond acceptors (Lipinski definition) is 4. The maximum Gasteiger partial charge on any atom is 0.290 e. The number of carboxylic acid groups (broad SMARTS) is 1. The zero-order valence-corrected chi connectivity index (χ0v) is 17.5. The number of β-amino-alcohol motifs (C(OH)–C–C–N with tert-alkyl or cyclic N) is 1. The molecular formula is C21H23Cl2FN2O3. The van der Waals surface area contributed by atoms with E-state index in [0.717, 1.165) is 11.1 Å². The van der Waals surface area contributed by atoms with Gasteiger partial charge < -0.3 is 15.1 Å². The molecule has 2 aliphatic heterocycles. The van der Waals surface area contributed by atoms with E-state index in [9.17, 15) is 9.50 Å². The molecule has 2 aliphatic rings. The number of hydrogen-bond donors (Lipinski definition) is 2. The van der Waals surface area contributed by atoms with Crippen LogP contribution in [0.3, 0.4) is 0 Å². The van der Waals surface area contributed by atoms with E-state index >= 15 is 0 Å². The molecule has 156 valence electrons. The predicted octanol–water partition coefficient (Wildman–Crippen LogP) is 4.00. The Balaban J connectivity index is 0.000000755. The Kier molecular flexibility index (Phi) is 6.69. The lowest BCUT2D eigenvalue weighted by Gasteiger charge is -2.44. The van der Waals surface area contributed by atoms with E-state index in [4.69, 9.17) is 33.1 Å². The first-order valence-electron chi connectivity index (χ1n) is 9.24. The molecule has 0 aliphatic carbocycles. The number of rotatable bonds is 4. The monoisotopic (exact) mass is 440 g/mol. The molecule has 2 heterocycles. The predicted molar refractivity (Wildman–Crippen MR) is 112 cm³/mol. The SMILES string of the molecule is CC1(O)CN(Cc2ccc(N3CC(c4c(Cl)cccc4Cl)C3)c(F)c2)C1.O=CO. The number of nitrogens with zero attached hydrogens (tertiary/aromatic N) is 2. The Bertz CT molecular complexity index is 860. The van der Waals surface area contributed by atoms with Crippen LogP contribution in [0.4, 0.5) is 10.1 Å². The molecule has 0 aromatic heterocycles. The molecule has 0 unspecified atom stereocenters. The molecule has 0 radical (unpaired) electrons. The van der Waals surface area contributed by atoms with Crippen LogP contribution >= 0.6 is 23.2 Å². The van der Waals surface area contributed by atoms with E-state index in [2.05, 4.69) is 4.90 Å². The second kappa shape index (κ2) is 8.88. The minimum absolute atomic E-state index is 0.210. The van der Waals surface area contributed by atoms with Crippen LogP contribution in [0.1, 0.15) is 24.0 Å². The van der Waals surface area contributed by atoms with Crippen molar-refractivity contribution in [3.63, 3.8) is 0 Å². The first-order valence-corrected chi connectivity index (χ1v) is 9.99. The number of aliphatic hydroxyl groups is 1. The van der Waals surface area contributed by atoms with E-state index in [1.165, 1.54) is 0 Å². The molecule has 2 aromatic carbocycles. The van der Waals surface area contributed by atoms with Crippen LogP contribution in [-0.2, 0) is 11.3 Å². The highest BCUT2D eigenvalue weighted by Gasteiger charge is 2.36. The number of benzene rings is 2. The third kappa shape index (κ3) is 5.01. The fraction of sp³-hybridized carbons (Fsp3) is 0.381. The molecule has 0 amide bonds. The summed E-state index contributed by atoms with van der Waals surface area (Å²) in [5.74, 6) is 0.0112. The van der Waals surface area contributed by atoms with Gasteiger partial charge in [0.15, 0.2) is 0 Å². The quantitative estimate of drug-likeness (QED) is 0.703. The van der Waals surface area contributed by atoms with Gasteiger partial charge in [0.1, 0.15) is 5.82 Å². The van der Waals surface area contributed by atoms with Crippen LogP contribution in [-0.4, -0.2) is 53.4 Å². The van der Waals surface area contributed by atoms with Crippen molar-refractivity contribution in [2.75, 3.05) is 31.1 Å². The van der Waals surface area contributed by atoms with Crippen molar-refractivity contribution < 1.29 is 19.4 Å². The van der Waals surface area contributed by atoms with E-state index in [1.807, 2.05) is 42.2 Å². The zero-order chi connectivity index (χ0) is 21.2. The van der Waals surface area contributed by atoms with Gasteiger partial charge in [-0.05, 0) is 42.3 Å². The van der Waals surface area contributed by atoms with Crippen LogP contribution in [0.25, 0.3) is 0 Å². The summed E-state index contributed by atoms with van der Waals surface area (Å²) in [7, 11) is 0. The molecule has 0 spiro atoms. The summed E-state index contributed by atoms with van der Waals surface area (Å²) in [5, 5.41) is 18.0. The highest BCUT2D eigenvalue weighted by Crippen LogP contribution is 2.39.